The molecule has 1 heterocycles. The number of thiazole rings is 1. The fourth-order valence-corrected chi connectivity index (χ4v) is 3.38. The SMILES string of the molecule is CN(Cc1cscn1)C(=O)C1(C(N)=S)CCCC1. The summed E-state index contributed by atoms with van der Waals surface area (Å²) in [6.07, 6.45) is 3.60. The molecule has 2 N–H and O–H groups in total. The summed E-state index contributed by atoms with van der Waals surface area (Å²) in [5.41, 5.74) is 7.88. The topological polar surface area (TPSA) is 59.2 Å². The average molecular weight is 283 g/mol. The number of hydrogen-bond acceptors (Lipinski definition) is 4. The van der Waals surface area contributed by atoms with E-state index in [1.165, 1.54) is 11.3 Å². The first kappa shape index (κ1) is 13.4. The number of amides is 1. The molecule has 1 aliphatic rings. The summed E-state index contributed by atoms with van der Waals surface area (Å²) in [6, 6.07) is 0. The van der Waals surface area contributed by atoms with E-state index in [1.54, 1.807) is 17.5 Å². The van der Waals surface area contributed by atoms with Gasteiger partial charge in [0, 0.05) is 12.4 Å². The van der Waals surface area contributed by atoms with Crippen molar-refractivity contribution in [2.75, 3.05) is 7.05 Å². The Hall–Kier alpha value is -1.01. The van der Waals surface area contributed by atoms with Gasteiger partial charge in [-0.3, -0.25) is 4.79 Å². The molecule has 1 aromatic rings. The number of nitrogens with zero attached hydrogens (tertiary/aromatic N) is 2. The zero-order valence-corrected chi connectivity index (χ0v) is 12.0. The molecule has 6 heteroatoms. The molecule has 2 rings (SSSR count). The van der Waals surface area contributed by atoms with E-state index in [0.717, 1.165) is 31.4 Å². The van der Waals surface area contributed by atoms with Crippen molar-refractivity contribution in [3.05, 3.63) is 16.6 Å². The number of aromatic nitrogens is 1. The van der Waals surface area contributed by atoms with Crippen LogP contribution in [0.2, 0.25) is 0 Å². The third kappa shape index (κ3) is 2.40. The molecular weight excluding hydrogens is 266 g/mol. The van der Waals surface area contributed by atoms with Crippen molar-refractivity contribution in [1.82, 2.24) is 9.88 Å². The van der Waals surface area contributed by atoms with Crippen LogP contribution >= 0.6 is 23.6 Å². The van der Waals surface area contributed by atoms with E-state index in [-0.39, 0.29) is 5.91 Å². The van der Waals surface area contributed by atoms with Gasteiger partial charge in [0.1, 0.15) is 0 Å². The third-order valence-corrected chi connectivity index (χ3v) is 4.59. The minimum Gasteiger partial charge on any atom is -0.392 e. The second-order valence-corrected chi connectivity index (χ2v) is 5.95. The van der Waals surface area contributed by atoms with Crippen LogP contribution in [0.15, 0.2) is 10.9 Å². The van der Waals surface area contributed by atoms with Gasteiger partial charge >= 0.3 is 0 Å². The highest BCUT2D eigenvalue weighted by atomic mass is 32.1. The summed E-state index contributed by atoms with van der Waals surface area (Å²) >= 11 is 6.66. The van der Waals surface area contributed by atoms with Crippen LogP contribution in [0.1, 0.15) is 31.4 Å². The Morgan fingerprint density at radius 3 is 2.78 bits per heavy atom. The van der Waals surface area contributed by atoms with Crippen molar-refractivity contribution < 1.29 is 4.79 Å². The van der Waals surface area contributed by atoms with Gasteiger partial charge in [0.25, 0.3) is 0 Å². The van der Waals surface area contributed by atoms with E-state index in [0.29, 0.717) is 11.5 Å². The largest absolute Gasteiger partial charge is 0.392 e. The van der Waals surface area contributed by atoms with Gasteiger partial charge in [0.2, 0.25) is 5.91 Å². The molecule has 0 aromatic carbocycles. The number of carbonyl (C=O) groups excluding carboxylic acids is 1. The minimum absolute atomic E-state index is 0.0421. The molecule has 0 saturated heterocycles. The predicted molar refractivity (Wildman–Crippen MR) is 76.3 cm³/mol. The lowest BCUT2D eigenvalue weighted by Gasteiger charge is -2.31. The van der Waals surface area contributed by atoms with Crippen LogP contribution in [0.25, 0.3) is 0 Å². The smallest absolute Gasteiger partial charge is 0.235 e. The molecule has 0 unspecified atom stereocenters. The lowest BCUT2D eigenvalue weighted by Crippen LogP contribution is -2.47. The van der Waals surface area contributed by atoms with Crippen LogP contribution in [0, 0.1) is 5.41 Å². The fourth-order valence-electron chi connectivity index (χ4n) is 2.54. The fraction of sp³-hybridized carbons (Fsp3) is 0.583. The van der Waals surface area contributed by atoms with Crippen LogP contribution in [-0.4, -0.2) is 27.8 Å². The molecule has 0 aliphatic heterocycles. The molecule has 0 atom stereocenters. The molecule has 1 amide bonds. The quantitative estimate of drug-likeness (QED) is 0.858. The summed E-state index contributed by atoms with van der Waals surface area (Å²) in [7, 11) is 1.79. The van der Waals surface area contributed by atoms with E-state index in [9.17, 15) is 4.79 Å². The van der Waals surface area contributed by atoms with Gasteiger partial charge in [-0.1, -0.05) is 25.1 Å². The molecule has 0 bridgehead atoms. The first-order valence-electron chi connectivity index (χ1n) is 5.99. The van der Waals surface area contributed by atoms with Crippen molar-refractivity contribution in [1.29, 1.82) is 0 Å². The molecule has 1 fully saturated rings. The zero-order chi connectivity index (χ0) is 13.2. The normalized spacial score (nSPS) is 17.6. The Labute approximate surface area is 116 Å². The van der Waals surface area contributed by atoms with E-state index in [1.807, 2.05) is 5.38 Å². The van der Waals surface area contributed by atoms with E-state index < -0.39 is 5.41 Å². The lowest BCUT2D eigenvalue weighted by atomic mass is 9.84. The van der Waals surface area contributed by atoms with Crippen molar-refractivity contribution in [3.8, 4) is 0 Å². The molecule has 1 aromatic heterocycles. The Morgan fingerprint density at radius 2 is 2.28 bits per heavy atom. The summed E-state index contributed by atoms with van der Waals surface area (Å²) in [5, 5.41) is 1.95. The summed E-state index contributed by atoms with van der Waals surface area (Å²) in [5.74, 6) is 0.0421. The van der Waals surface area contributed by atoms with Crippen LogP contribution in [-0.2, 0) is 11.3 Å². The average Bonchev–Trinajstić information content (AvgIpc) is 2.98. The first-order chi connectivity index (χ1) is 8.56. The van der Waals surface area contributed by atoms with Gasteiger partial charge in [0.15, 0.2) is 0 Å². The summed E-state index contributed by atoms with van der Waals surface area (Å²) in [6.45, 7) is 0.521. The number of nitrogens with two attached hydrogens (primary N) is 1. The second kappa shape index (κ2) is 5.32. The Bertz CT molecular complexity index is 438. The molecular formula is C12H17N3OS2. The summed E-state index contributed by atoms with van der Waals surface area (Å²) < 4.78 is 0. The van der Waals surface area contributed by atoms with Crippen molar-refractivity contribution in [2.45, 2.75) is 32.2 Å². The Kier molecular flexibility index (Phi) is 3.97. The van der Waals surface area contributed by atoms with Gasteiger partial charge in [0.05, 0.1) is 28.2 Å². The van der Waals surface area contributed by atoms with Crippen molar-refractivity contribution >= 4 is 34.5 Å². The zero-order valence-electron chi connectivity index (χ0n) is 10.4. The Balaban J connectivity index is 2.11. The molecule has 98 valence electrons. The van der Waals surface area contributed by atoms with Crippen LogP contribution in [0.3, 0.4) is 0 Å². The highest BCUT2D eigenvalue weighted by Gasteiger charge is 2.45. The van der Waals surface area contributed by atoms with Crippen LogP contribution in [0.5, 0.6) is 0 Å². The van der Waals surface area contributed by atoms with Gasteiger partial charge in [-0.2, -0.15) is 0 Å². The molecule has 4 nitrogen and oxygen atoms in total. The monoisotopic (exact) mass is 283 g/mol. The third-order valence-electron chi connectivity index (χ3n) is 3.57. The van der Waals surface area contributed by atoms with E-state index >= 15 is 0 Å². The molecule has 1 saturated carbocycles. The Morgan fingerprint density at radius 1 is 1.61 bits per heavy atom. The van der Waals surface area contributed by atoms with Gasteiger partial charge in [-0.05, 0) is 12.8 Å². The van der Waals surface area contributed by atoms with Gasteiger partial charge in [-0.25, -0.2) is 4.98 Å². The van der Waals surface area contributed by atoms with Crippen LogP contribution in [0.4, 0.5) is 0 Å². The number of carbonyl (C=O) groups is 1. The molecule has 1 aliphatic carbocycles. The lowest BCUT2D eigenvalue weighted by molar-refractivity contribution is -0.137. The van der Waals surface area contributed by atoms with Crippen LogP contribution < -0.4 is 5.73 Å². The van der Waals surface area contributed by atoms with E-state index in [2.05, 4.69) is 4.98 Å². The standard InChI is InChI=1S/C12H17N3OS2/c1-15(6-9-7-18-8-14-9)11(16)12(10(13)17)4-2-3-5-12/h7-8H,2-6H2,1H3,(H2,13,17). The predicted octanol–water partition coefficient (Wildman–Crippen LogP) is 1.95. The van der Waals surface area contributed by atoms with E-state index in [4.69, 9.17) is 18.0 Å². The number of thiocarbonyl (C=S) groups is 1. The first-order valence-corrected chi connectivity index (χ1v) is 7.34. The molecule has 0 radical (unpaired) electrons. The van der Waals surface area contributed by atoms with Gasteiger partial charge in [-0.15, -0.1) is 11.3 Å². The number of rotatable bonds is 4. The number of hydrogen-bond donors (Lipinski definition) is 1. The van der Waals surface area contributed by atoms with Gasteiger partial charge < -0.3 is 10.6 Å². The minimum atomic E-state index is -0.611. The second-order valence-electron chi connectivity index (χ2n) is 4.79. The molecule has 18 heavy (non-hydrogen) atoms. The maximum absolute atomic E-state index is 12.6. The summed E-state index contributed by atoms with van der Waals surface area (Å²) in [4.78, 5) is 18.8. The van der Waals surface area contributed by atoms with Crippen molar-refractivity contribution in [3.63, 3.8) is 0 Å². The highest BCUT2D eigenvalue weighted by Crippen LogP contribution is 2.40. The van der Waals surface area contributed by atoms with Crippen molar-refractivity contribution in [2.24, 2.45) is 11.1 Å². The maximum Gasteiger partial charge on any atom is 0.235 e. The molecule has 0 spiro atoms. The maximum atomic E-state index is 12.6. The highest BCUT2D eigenvalue weighted by molar-refractivity contribution is 7.80.